The van der Waals surface area contributed by atoms with Gasteiger partial charge in [0.15, 0.2) is 5.82 Å². The lowest BCUT2D eigenvalue weighted by Crippen LogP contribution is -2.31. The van der Waals surface area contributed by atoms with E-state index in [-0.39, 0.29) is 18.2 Å². The maximum absolute atomic E-state index is 13.6. The Kier molecular flexibility index (Phi) is 6.43. The van der Waals surface area contributed by atoms with Crippen molar-refractivity contribution in [2.75, 3.05) is 11.9 Å². The zero-order chi connectivity index (χ0) is 19.3. The fourth-order valence-electron chi connectivity index (χ4n) is 2.18. The Bertz CT molecular complexity index is 833. The quantitative estimate of drug-likeness (QED) is 0.818. The minimum Gasteiger partial charge on any atom is -0.491 e. The number of carbonyl (C=O) groups is 1. The first-order valence-electron chi connectivity index (χ1n) is 8.42. The molecule has 2 aromatic rings. The van der Waals surface area contributed by atoms with Crippen LogP contribution < -0.4 is 15.6 Å². The van der Waals surface area contributed by atoms with Crippen molar-refractivity contribution >= 4 is 11.6 Å². The number of pyridine rings is 1. The third kappa shape index (κ3) is 5.11. The molecule has 1 amide bonds. The molecule has 0 saturated carbocycles. The molecule has 0 bridgehead atoms. The van der Waals surface area contributed by atoms with Gasteiger partial charge < -0.3 is 10.1 Å². The van der Waals surface area contributed by atoms with Gasteiger partial charge in [0, 0.05) is 18.2 Å². The zero-order valence-electron chi connectivity index (χ0n) is 15.3. The van der Waals surface area contributed by atoms with Crippen LogP contribution in [-0.4, -0.2) is 27.3 Å². The monoisotopic (exact) mass is 362 g/mol. The van der Waals surface area contributed by atoms with E-state index in [1.54, 1.807) is 0 Å². The van der Waals surface area contributed by atoms with Gasteiger partial charge in [-0.15, -0.1) is 0 Å². The van der Waals surface area contributed by atoms with Crippen molar-refractivity contribution in [3.05, 3.63) is 46.4 Å². The number of hydrogen-bond donors (Lipinski definition) is 1. The first kappa shape index (κ1) is 19.6. The topological polar surface area (TPSA) is 86.1 Å². The lowest BCUT2D eigenvalue weighted by Gasteiger charge is -2.16. The van der Waals surface area contributed by atoms with E-state index in [1.165, 1.54) is 18.3 Å². The molecule has 7 nitrogen and oxygen atoms in total. The number of halogens is 1. The van der Waals surface area contributed by atoms with Crippen molar-refractivity contribution in [2.24, 2.45) is 5.92 Å². The van der Waals surface area contributed by atoms with Crippen LogP contribution in [0.1, 0.15) is 39.3 Å². The number of anilines is 1. The van der Waals surface area contributed by atoms with Crippen LogP contribution in [0.5, 0.6) is 5.75 Å². The Morgan fingerprint density at radius 1 is 1.35 bits per heavy atom. The van der Waals surface area contributed by atoms with E-state index >= 15 is 0 Å². The third-order valence-corrected chi connectivity index (χ3v) is 3.45. The fourth-order valence-corrected chi connectivity index (χ4v) is 2.18. The molecule has 0 unspecified atom stereocenters. The first-order chi connectivity index (χ1) is 12.3. The Labute approximate surface area is 151 Å². The number of carbonyl (C=O) groups excluding carboxylic acids is 1. The molecule has 0 spiro atoms. The molecule has 0 radical (unpaired) electrons. The summed E-state index contributed by atoms with van der Waals surface area (Å²) in [6.07, 6.45) is 2.36. The Morgan fingerprint density at radius 3 is 2.69 bits per heavy atom. The number of nitrogens with one attached hydrogen (secondary N) is 1. The van der Waals surface area contributed by atoms with Gasteiger partial charge in [0.1, 0.15) is 18.0 Å². The second-order valence-electron chi connectivity index (χ2n) is 6.65. The maximum atomic E-state index is 13.6. The average Bonchev–Trinajstić information content (AvgIpc) is 2.56. The molecule has 0 aromatic carbocycles. The summed E-state index contributed by atoms with van der Waals surface area (Å²) >= 11 is 0. The number of amides is 1. The highest BCUT2D eigenvalue weighted by molar-refractivity contribution is 5.90. The van der Waals surface area contributed by atoms with Gasteiger partial charge in [0.25, 0.3) is 5.56 Å². The molecule has 8 heteroatoms. The second-order valence-corrected chi connectivity index (χ2v) is 6.65. The smallest absolute Gasteiger partial charge is 0.270 e. The average molecular weight is 362 g/mol. The highest BCUT2D eigenvalue weighted by atomic mass is 19.1. The van der Waals surface area contributed by atoms with E-state index in [1.807, 2.05) is 27.7 Å². The van der Waals surface area contributed by atoms with Gasteiger partial charge in [-0.3, -0.25) is 14.6 Å². The largest absolute Gasteiger partial charge is 0.491 e. The normalized spacial score (nSPS) is 11.0. The van der Waals surface area contributed by atoms with E-state index in [4.69, 9.17) is 4.74 Å². The lowest BCUT2D eigenvalue weighted by atomic mass is 10.1. The van der Waals surface area contributed by atoms with Crippen LogP contribution in [-0.2, 0) is 11.3 Å². The van der Waals surface area contributed by atoms with E-state index < -0.39 is 17.3 Å². The van der Waals surface area contributed by atoms with Gasteiger partial charge in [0.05, 0.1) is 18.5 Å². The molecule has 0 atom stereocenters. The van der Waals surface area contributed by atoms with Gasteiger partial charge in [-0.1, -0.05) is 27.7 Å². The van der Waals surface area contributed by atoms with E-state index in [0.717, 1.165) is 10.9 Å². The van der Waals surface area contributed by atoms with Crippen molar-refractivity contribution in [2.45, 2.75) is 40.2 Å². The van der Waals surface area contributed by atoms with Crippen molar-refractivity contribution < 1.29 is 13.9 Å². The molecule has 0 aliphatic rings. The number of rotatable bonds is 7. The summed E-state index contributed by atoms with van der Waals surface area (Å²) in [6.45, 7) is 7.99. The van der Waals surface area contributed by atoms with Crippen LogP contribution >= 0.6 is 0 Å². The van der Waals surface area contributed by atoms with Crippen molar-refractivity contribution in [1.82, 2.24) is 14.8 Å². The summed E-state index contributed by atoms with van der Waals surface area (Å²) < 4.78 is 20.3. The molecule has 0 aliphatic heterocycles. The fraction of sp³-hybridized carbons (Fsp3) is 0.444. The molecule has 2 rings (SSSR count). The molecule has 2 aromatic heterocycles. The van der Waals surface area contributed by atoms with E-state index in [0.29, 0.717) is 24.0 Å². The van der Waals surface area contributed by atoms with Crippen LogP contribution in [0.25, 0.3) is 0 Å². The molecular formula is C18H23FN4O3. The number of aromatic nitrogens is 3. The SMILES string of the molecule is CC(C)COc1cc(=O)n(CC(=O)Nc2ccncc2F)nc1C(C)C. The van der Waals surface area contributed by atoms with Crippen molar-refractivity contribution in [3.63, 3.8) is 0 Å². The van der Waals surface area contributed by atoms with Gasteiger partial charge in [-0.2, -0.15) is 5.10 Å². The summed E-state index contributed by atoms with van der Waals surface area (Å²) in [5.41, 5.74) is 0.130. The third-order valence-electron chi connectivity index (χ3n) is 3.45. The Hall–Kier alpha value is -2.77. The molecule has 2 heterocycles. The van der Waals surface area contributed by atoms with Crippen LogP contribution in [0.15, 0.2) is 29.3 Å². The zero-order valence-corrected chi connectivity index (χ0v) is 15.3. The maximum Gasteiger partial charge on any atom is 0.270 e. The van der Waals surface area contributed by atoms with Crippen molar-refractivity contribution in [1.29, 1.82) is 0 Å². The molecule has 26 heavy (non-hydrogen) atoms. The van der Waals surface area contributed by atoms with E-state index in [9.17, 15) is 14.0 Å². The number of nitrogens with zero attached hydrogens (tertiary/aromatic N) is 3. The Balaban J connectivity index is 2.21. The summed E-state index contributed by atoms with van der Waals surface area (Å²) in [4.78, 5) is 28.0. The summed E-state index contributed by atoms with van der Waals surface area (Å²) in [7, 11) is 0. The van der Waals surface area contributed by atoms with Gasteiger partial charge in [-0.05, 0) is 12.0 Å². The predicted molar refractivity (Wildman–Crippen MR) is 95.7 cm³/mol. The molecule has 0 fully saturated rings. The van der Waals surface area contributed by atoms with Gasteiger partial charge >= 0.3 is 0 Å². The first-order valence-corrected chi connectivity index (χ1v) is 8.42. The standard InChI is InChI=1S/C18H23FN4O3/c1-11(2)10-26-15-7-17(25)23(22-18(15)12(3)4)9-16(24)21-14-5-6-20-8-13(14)19/h5-8,11-12H,9-10H2,1-4H3,(H,20,21,24). The molecular weight excluding hydrogens is 339 g/mol. The summed E-state index contributed by atoms with van der Waals surface area (Å²) in [6, 6.07) is 2.68. The van der Waals surface area contributed by atoms with Crippen LogP contribution in [0, 0.1) is 11.7 Å². The van der Waals surface area contributed by atoms with Crippen LogP contribution in [0.3, 0.4) is 0 Å². The predicted octanol–water partition coefficient (Wildman–Crippen LogP) is 2.57. The molecule has 140 valence electrons. The second kappa shape index (κ2) is 8.55. The summed E-state index contributed by atoms with van der Waals surface area (Å²) in [5, 5.41) is 6.67. The highest BCUT2D eigenvalue weighted by Gasteiger charge is 2.16. The minimum atomic E-state index is -0.651. The number of ether oxygens (including phenoxy) is 1. The minimum absolute atomic E-state index is 0.000908. The summed E-state index contributed by atoms with van der Waals surface area (Å²) in [5.74, 6) is -0.476. The van der Waals surface area contributed by atoms with Gasteiger partial charge in [0.2, 0.25) is 5.91 Å². The Morgan fingerprint density at radius 2 is 2.08 bits per heavy atom. The van der Waals surface area contributed by atoms with Crippen LogP contribution in [0.4, 0.5) is 10.1 Å². The van der Waals surface area contributed by atoms with Crippen LogP contribution in [0.2, 0.25) is 0 Å². The lowest BCUT2D eigenvalue weighted by molar-refractivity contribution is -0.117. The van der Waals surface area contributed by atoms with Gasteiger partial charge in [-0.25, -0.2) is 9.07 Å². The molecule has 0 aliphatic carbocycles. The number of hydrogen-bond acceptors (Lipinski definition) is 5. The van der Waals surface area contributed by atoms with E-state index in [2.05, 4.69) is 15.4 Å². The molecule has 1 N–H and O–H groups in total. The molecule has 0 saturated heterocycles. The highest BCUT2D eigenvalue weighted by Crippen LogP contribution is 2.22. The van der Waals surface area contributed by atoms with Crippen molar-refractivity contribution in [3.8, 4) is 5.75 Å².